The van der Waals surface area contributed by atoms with Crippen LogP contribution in [-0.2, 0) is 16.0 Å². The first-order chi connectivity index (χ1) is 9.06. The lowest BCUT2D eigenvalue weighted by Gasteiger charge is -2.14. The standard InChI is InChI=1S/C14H19NO4/c1-4-10-5-6-12(19-10)13(16)15-7-9(2)11(8-15)14(17)18-3/h5-6,9,11H,4,7-8H2,1-3H3. The number of amides is 1. The molecule has 0 bridgehead atoms. The Morgan fingerprint density at radius 3 is 2.74 bits per heavy atom. The van der Waals surface area contributed by atoms with Gasteiger partial charge in [-0.3, -0.25) is 9.59 Å². The Morgan fingerprint density at radius 2 is 2.16 bits per heavy atom. The third kappa shape index (κ3) is 2.64. The molecule has 5 heteroatoms. The first-order valence-corrected chi connectivity index (χ1v) is 6.52. The monoisotopic (exact) mass is 265 g/mol. The van der Waals surface area contributed by atoms with E-state index in [4.69, 9.17) is 9.15 Å². The Balaban J connectivity index is 2.07. The third-order valence-electron chi connectivity index (χ3n) is 3.62. The highest BCUT2D eigenvalue weighted by atomic mass is 16.5. The van der Waals surface area contributed by atoms with Crippen LogP contribution in [0.2, 0.25) is 0 Å². The molecule has 104 valence electrons. The average Bonchev–Trinajstić information content (AvgIpc) is 3.03. The van der Waals surface area contributed by atoms with Gasteiger partial charge in [0, 0.05) is 19.5 Å². The minimum absolute atomic E-state index is 0.108. The second-order valence-electron chi connectivity index (χ2n) is 4.94. The van der Waals surface area contributed by atoms with E-state index in [0.717, 1.165) is 12.2 Å². The molecule has 5 nitrogen and oxygen atoms in total. The first kappa shape index (κ1) is 13.6. The van der Waals surface area contributed by atoms with Gasteiger partial charge in [-0.05, 0) is 18.1 Å². The second-order valence-corrected chi connectivity index (χ2v) is 4.94. The van der Waals surface area contributed by atoms with E-state index in [1.165, 1.54) is 7.11 Å². The molecule has 1 aromatic rings. The summed E-state index contributed by atoms with van der Waals surface area (Å²) in [5.41, 5.74) is 0. The van der Waals surface area contributed by atoms with E-state index in [1.807, 2.05) is 19.9 Å². The predicted octanol–water partition coefficient (Wildman–Crippen LogP) is 1.72. The number of esters is 1. The fourth-order valence-corrected chi connectivity index (χ4v) is 2.43. The van der Waals surface area contributed by atoms with Crippen LogP contribution in [0.5, 0.6) is 0 Å². The zero-order chi connectivity index (χ0) is 14.0. The Labute approximate surface area is 112 Å². The molecule has 2 rings (SSSR count). The van der Waals surface area contributed by atoms with Crippen molar-refractivity contribution in [2.45, 2.75) is 20.3 Å². The maximum absolute atomic E-state index is 12.3. The largest absolute Gasteiger partial charge is 0.469 e. The molecular formula is C14H19NO4. The zero-order valence-corrected chi connectivity index (χ0v) is 11.5. The number of hydrogen-bond donors (Lipinski definition) is 0. The van der Waals surface area contributed by atoms with E-state index in [2.05, 4.69) is 0 Å². The van der Waals surface area contributed by atoms with Gasteiger partial charge in [0.15, 0.2) is 5.76 Å². The van der Waals surface area contributed by atoms with Crippen LogP contribution < -0.4 is 0 Å². The summed E-state index contributed by atoms with van der Waals surface area (Å²) in [6.45, 7) is 4.88. The van der Waals surface area contributed by atoms with Crippen molar-refractivity contribution in [1.82, 2.24) is 4.90 Å². The molecule has 1 saturated heterocycles. The van der Waals surface area contributed by atoms with E-state index in [1.54, 1.807) is 11.0 Å². The summed E-state index contributed by atoms with van der Waals surface area (Å²) < 4.78 is 10.2. The molecule has 1 amide bonds. The lowest BCUT2D eigenvalue weighted by atomic mass is 9.99. The summed E-state index contributed by atoms with van der Waals surface area (Å²) in [7, 11) is 1.37. The molecule has 1 aliphatic rings. The molecule has 19 heavy (non-hydrogen) atoms. The smallest absolute Gasteiger partial charge is 0.310 e. The van der Waals surface area contributed by atoms with Crippen molar-refractivity contribution in [3.63, 3.8) is 0 Å². The van der Waals surface area contributed by atoms with Gasteiger partial charge < -0.3 is 14.1 Å². The summed E-state index contributed by atoms with van der Waals surface area (Å²) in [6.07, 6.45) is 0.758. The van der Waals surface area contributed by atoms with Crippen molar-refractivity contribution in [3.8, 4) is 0 Å². The molecule has 2 unspecified atom stereocenters. The van der Waals surface area contributed by atoms with Crippen LogP contribution >= 0.6 is 0 Å². The Kier molecular flexibility index (Phi) is 3.93. The van der Waals surface area contributed by atoms with Crippen molar-refractivity contribution in [2.24, 2.45) is 11.8 Å². The van der Waals surface area contributed by atoms with E-state index < -0.39 is 0 Å². The summed E-state index contributed by atoms with van der Waals surface area (Å²) >= 11 is 0. The molecule has 0 aliphatic carbocycles. The molecular weight excluding hydrogens is 246 g/mol. The summed E-state index contributed by atoms with van der Waals surface area (Å²) in [4.78, 5) is 25.5. The summed E-state index contributed by atoms with van der Waals surface area (Å²) in [6, 6.07) is 3.50. The molecule has 1 aliphatic heterocycles. The molecule has 1 aromatic heterocycles. The number of hydrogen-bond acceptors (Lipinski definition) is 4. The number of methoxy groups -OCH3 is 1. The minimum atomic E-state index is -0.253. The lowest BCUT2D eigenvalue weighted by Crippen LogP contribution is -2.29. The molecule has 0 saturated carbocycles. The van der Waals surface area contributed by atoms with Crippen molar-refractivity contribution in [1.29, 1.82) is 0 Å². The highest BCUT2D eigenvalue weighted by Gasteiger charge is 2.38. The van der Waals surface area contributed by atoms with Crippen LogP contribution in [-0.4, -0.2) is 37.0 Å². The molecule has 0 radical (unpaired) electrons. The molecule has 0 spiro atoms. The number of nitrogens with zero attached hydrogens (tertiary/aromatic N) is 1. The van der Waals surface area contributed by atoms with Crippen molar-refractivity contribution < 1.29 is 18.7 Å². The van der Waals surface area contributed by atoms with Crippen LogP contribution in [0.25, 0.3) is 0 Å². The van der Waals surface area contributed by atoms with Gasteiger partial charge in [0.2, 0.25) is 0 Å². The SMILES string of the molecule is CCc1ccc(C(=O)N2CC(C)C(C(=O)OC)C2)o1. The number of aryl methyl sites for hydroxylation is 1. The Hall–Kier alpha value is -1.78. The fraction of sp³-hybridized carbons (Fsp3) is 0.571. The topological polar surface area (TPSA) is 59.8 Å². The van der Waals surface area contributed by atoms with E-state index in [0.29, 0.717) is 18.8 Å². The molecule has 2 atom stereocenters. The fourth-order valence-electron chi connectivity index (χ4n) is 2.43. The predicted molar refractivity (Wildman–Crippen MR) is 68.7 cm³/mol. The molecule has 1 fully saturated rings. The van der Waals surface area contributed by atoms with Gasteiger partial charge in [0.05, 0.1) is 13.0 Å². The molecule has 0 aromatic carbocycles. The molecule has 0 N–H and O–H groups in total. The van der Waals surface area contributed by atoms with E-state index in [9.17, 15) is 9.59 Å². The Morgan fingerprint density at radius 1 is 1.42 bits per heavy atom. The molecule has 2 heterocycles. The number of ether oxygens (including phenoxy) is 1. The van der Waals surface area contributed by atoms with Crippen LogP contribution in [0.4, 0.5) is 0 Å². The van der Waals surface area contributed by atoms with E-state index >= 15 is 0 Å². The van der Waals surface area contributed by atoms with Crippen LogP contribution in [0.1, 0.15) is 30.2 Å². The van der Waals surface area contributed by atoms with Gasteiger partial charge in [-0.15, -0.1) is 0 Å². The van der Waals surface area contributed by atoms with Crippen LogP contribution in [0, 0.1) is 11.8 Å². The van der Waals surface area contributed by atoms with Gasteiger partial charge in [-0.1, -0.05) is 13.8 Å². The zero-order valence-electron chi connectivity index (χ0n) is 11.5. The van der Waals surface area contributed by atoms with Crippen molar-refractivity contribution in [2.75, 3.05) is 20.2 Å². The highest BCUT2D eigenvalue weighted by molar-refractivity contribution is 5.92. The van der Waals surface area contributed by atoms with E-state index in [-0.39, 0.29) is 23.7 Å². The number of rotatable bonds is 3. The van der Waals surface area contributed by atoms with Gasteiger partial charge >= 0.3 is 5.97 Å². The number of carbonyl (C=O) groups is 2. The van der Waals surface area contributed by atoms with Crippen molar-refractivity contribution in [3.05, 3.63) is 23.7 Å². The average molecular weight is 265 g/mol. The number of likely N-dealkylation sites (tertiary alicyclic amines) is 1. The van der Waals surface area contributed by atoms with Gasteiger partial charge in [-0.25, -0.2) is 0 Å². The second kappa shape index (κ2) is 5.47. The maximum atomic E-state index is 12.3. The summed E-state index contributed by atoms with van der Waals surface area (Å²) in [5, 5.41) is 0. The highest BCUT2D eigenvalue weighted by Crippen LogP contribution is 2.26. The quantitative estimate of drug-likeness (QED) is 0.781. The number of carbonyl (C=O) groups excluding carboxylic acids is 2. The lowest BCUT2D eigenvalue weighted by molar-refractivity contribution is -0.146. The van der Waals surface area contributed by atoms with Gasteiger partial charge in [0.25, 0.3) is 5.91 Å². The Bertz CT molecular complexity index is 480. The maximum Gasteiger partial charge on any atom is 0.310 e. The minimum Gasteiger partial charge on any atom is -0.469 e. The normalized spacial score (nSPS) is 22.6. The number of furan rings is 1. The van der Waals surface area contributed by atoms with Crippen LogP contribution in [0.15, 0.2) is 16.5 Å². The first-order valence-electron chi connectivity index (χ1n) is 6.52. The van der Waals surface area contributed by atoms with Gasteiger partial charge in [0.1, 0.15) is 5.76 Å². The van der Waals surface area contributed by atoms with Gasteiger partial charge in [-0.2, -0.15) is 0 Å². The third-order valence-corrected chi connectivity index (χ3v) is 3.62. The van der Waals surface area contributed by atoms with Crippen LogP contribution in [0.3, 0.4) is 0 Å². The summed E-state index contributed by atoms with van der Waals surface area (Å²) in [5.74, 6) is 0.593. The van der Waals surface area contributed by atoms with Crippen molar-refractivity contribution >= 4 is 11.9 Å².